The predicted molar refractivity (Wildman–Crippen MR) is 41.7 cm³/mol. The molecule has 0 heterocycles. The summed E-state index contributed by atoms with van der Waals surface area (Å²) >= 11 is 0. The Morgan fingerprint density at radius 1 is 1.36 bits per heavy atom. The summed E-state index contributed by atoms with van der Waals surface area (Å²) in [5, 5.41) is 0. The number of ether oxygens (including phenoxy) is 1. The fourth-order valence-electron chi connectivity index (χ4n) is 0.174. The summed E-state index contributed by atoms with van der Waals surface area (Å²) in [6.07, 6.45) is 0. The van der Waals surface area contributed by atoms with Gasteiger partial charge in [-0.3, -0.25) is 4.79 Å². The fourth-order valence-corrected chi connectivity index (χ4v) is 0.174. The minimum Gasteiger partial charge on any atom is -0.466 e. The second-order valence-electron chi connectivity index (χ2n) is 1.88. The average molecular weight is 159 g/mol. The highest BCUT2D eigenvalue weighted by Crippen LogP contribution is 1.87. The molecule has 0 radical (unpaired) electrons. The van der Waals surface area contributed by atoms with E-state index in [4.69, 9.17) is 0 Å². The summed E-state index contributed by atoms with van der Waals surface area (Å²) in [5.74, 6) is -0.681. The van der Waals surface area contributed by atoms with Crippen molar-refractivity contribution in [2.45, 2.75) is 13.8 Å². The van der Waals surface area contributed by atoms with Gasteiger partial charge in [-0.1, -0.05) is 6.58 Å². The molecule has 0 bridgehead atoms. The molecule has 0 aliphatic carbocycles. The van der Waals surface area contributed by atoms with Gasteiger partial charge in [-0.15, -0.1) is 0 Å². The molecule has 4 heteroatoms. The largest absolute Gasteiger partial charge is 0.466 e. The Balaban J connectivity index is 0. The van der Waals surface area contributed by atoms with Gasteiger partial charge in [0, 0.05) is 12.5 Å². The fraction of sp³-hybridized carbons (Fsp3) is 0.429. The second-order valence-corrected chi connectivity index (χ2v) is 1.88. The van der Waals surface area contributed by atoms with Gasteiger partial charge in [-0.25, -0.2) is 4.79 Å². The SMILES string of the molecule is C=C(C)C(=O)OC.CC(N)=O. The van der Waals surface area contributed by atoms with Crippen molar-refractivity contribution in [2.75, 3.05) is 7.11 Å². The van der Waals surface area contributed by atoms with E-state index in [0.717, 1.165) is 0 Å². The van der Waals surface area contributed by atoms with Crippen LogP contribution in [0.2, 0.25) is 0 Å². The van der Waals surface area contributed by atoms with Gasteiger partial charge >= 0.3 is 5.97 Å². The molecule has 0 fully saturated rings. The standard InChI is InChI=1S/C5H8O2.C2H5NO/c1-4(2)5(6)7-3;1-2(3)4/h1H2,2-3H3;1H3,(H2,3,4). The van der Waals surface area contributed by atoms with E-state index in [2.05, 4.69) is 17.0 Å². The third-order valence-corrected chi connectivity index (χ3v) is 0.534. The molecule has 4 nitrogen and oxygen atoms in total. The first-order valence-electron chi connectivity index (χ1n) is 2.91. The van der Waals surface area contributed by atoms with Crippen LogP contribution in [-0.2, 0) is 14.3 Å². The highest BCUT2D eigenvalue weighted by molar-refractivity contribution is 5.86. The van der Waals surface area contributed by atoms with Crippen LogP contribution < -0.4 is 5.73 Å². The van der Waals surface area contributed by atoms with Crippen LogP contribution in [0.5, 0.6) is 0 Å². The van der Waals surface area contributed by atoms with E-state index >= 15 is 0 Å². The van der Waals surface area contributed by atoms with Crippen LogP contribution in [0.25, 0.3) is 0 Å². The highest BCUT2D eigenvalue weighted by atomic mass is 16.5. The lowest BCUT2D eigenvalue weighted by Crippen LogP contribution is -2.01. The molecule has 0 atom stereocenters. The zero-order valence-electron chi connectivity index (χ0n) is 7.01. The van der Waals surface area contributed by atoms with Crippen LogP contribution in [0.1, 0.15) is 13.8 Å². The number of carbonyl (C=O) groups excluding carboxylic acids is 2. The number of hydrogen-bond donors (Lipinski definition) is 1. The number of methoxy groups -OCH3 is 1. The number of rotatable bonds is 1. The molecule has 0 saturated heterocycles. The van der Waals surface area contributed by atoms with Gasteiger partial charge in [0.2, 0.25) is 5.91 Å². The van der Waals surface area contributed by atoms with Crippen molar-refractivity contribution < 1.29 is 14.3 Å². The van der Waals surface area contributed by atoms with Crippen molar-refractivity contribution in [1.82, 2.24) is 0 Å². The summed E-state index contributed by atoms with van der Waals surface area (Å²) in [5.41, 5.74) is 4.91. The molecule has 0 aliphatic rings. The molecule has 2 N–H and O–H groups in total. The number of esters is 1. The lowest BCUT2D eigenvalue weighted by atomic mass is 10.4. The Bertz CT molecular complexity index is 159. The lowest BCUT2D eigenvalue weighted by molar-refractivity contribution is -0.136. The topological polar surface area (TPSA) is 69.4 Å². The van der Waals surface area contributed by atoms with Crippen molar-refractivity contribution in [1.29, 1.82) is 0 Å². The Morgan fingerprint density at radius 3 is 1.64 bits per heavy atom. The second kappa shape index (κ2) is 6.80. The van der Waals surface area contributed by atoms with E-state index in [1.807, 2.05) is 0 Å². The van der Waals surface area contributed by atoms with E-state index in [9.17, 15) is 9.59 Å². The minimum atomic E-state index is -0.347. The minimum absolute atomic E-state index is 0.333. The van der Waals surface area contributed by atoms with E-state index in [-0.39, 0.29) is 11.9 Å². The Hall–Kier alpha value is -1.32. The third kappa shape index (κ3) is 17.7. The molecule has 0 unspecified atom stereocenters. The molecule has 0 saturated carbocycles. The van der Waals surface area contributed by atoms with Crippen molar-refractivity contribution in [2.24, 2.45) is 5.73 Å². The number of amides is 1. The van der Waals surface area contributed by atoms with Crippen LogP contribution in [0.3, 0.4) is 0 Å². The number of carbonyl (C=O) groups is 2. The van der Waals surface area contributed by atoms with E-state index in [1.165, 1.54) is 14.0 Å². The average Bonchev–Trinajstić information content (AvgIpc) is 1.85. The van der Waals surface area contributed by atoms with Crippen LogP contribution >= 0.6 is 0 Å². The quantitative estimate of drug-likeness (QED) is 0.439. The van der Waals surface area contributed by atoms with Gasteiger partial charge in [-0.2, -0.15) is 0 Å². The summed E-state index contributed by atoms with van der Waals surface area (Å²) in [4.78, 5) is 19.4. The molecular weight excluding hydrogens is 146 g/mol. The summed E-state index contributed by atoms with van der Waals surface area (Å²) in [6, 6.07) is 0. The van der Waals surface area contributed by atoms with Gasteiger partial charge in [0.15, 0.2) is 0 Å². The normalized spacial score (nSPS) is 7.18. The Labute approximate surface area is 66.0 Å². The predicted octanol–water partition coefficient (Wildman–Crippen LogP) is 0.227. The molecule has 0 aromatic carbocycles. The number of primary amides is 1. The lowest BCUT2D eigenvalue weighted by Gasteiger charge is -1.91. The van der Waals surface area contributed by atoms with Crippen LogP contribution in [0.15, 0.2) is 12.2 Å². The molecule has 0 aromatic heterocycles. The third-order valence-electron chi connectivity index (χ3n) is 0.534. The van der Waals surface area contributed by atoms with Crippen molar-refractivity contribution >= 4 is 11.9 Å². The molecule has 0 aromatic rings. The smallest absolute Gasteiger partial charge is 0.332 e. The van der Waals surface area contributed by atoms with Gasteiger partial charge in [0.25, 0.3) is 0 Å². The molecule has 0 aliphatic heterocycles. The summed E-state index contributed by atoms with van der Waals surface area (Å²) in [7, 11) is 1.33. The zero-order chi connectivity index (χ0) is 9.44. The molecule has 64 valence electrons. The zero-order valence-corrected chi connectivity index (χ0v) is 7.01. The van der Waals surface area contributed by atoms with E-state index in [0.29, 0.717) is 5.57 Å². The van der Waals surface area contributed by atoms with Gasteiger partial charge in [-0.05, 0) is 6.92 Å². The Morgan fingerprint density at radius 2 is 1.64 bits per heavy atom. The molecule has 0 rings (SSSR count). The molecular formula is C7H13NO3. The summed E-state index contributed by atoms with van der Waals surface area (Å²) in [6.45, 7) is 6.26. The highest BCUT2D eigenvalue weighted by Gasteiger charge is 1.95. The maximum atomic E-state index is 10.2. The van der Waals surface area contributed by atoms with Gasteiger partial charge < -0.3 is 10.5 Å². The molecule has 0 spiro atoms. The van der Waals surface area contributed by atoms with Crippen LogP contribution in [0.4, 0.5) is 0 Å². The van der Waals surface area contributed by atoms with Crippen molar-refractivity contribution in [3.63, 3.8) is 0 Å². The van der Waals surface area contributed by atoms with E-state index < -0.39 is 0 Å². The van der Waals surface area contributed by atoms with Gasteiger partial charge in [0.1, 0.15) is 0 Å². The van der Waals surface area contributed by atoms with Crippen molar-refractivity contribution in [3.8, 4) is 0 Å². The van der Waals surface area contributed by atoms with Crippen LogP contribution in [-0.4, -0.2) is 19.0 Å². The maximum Gasteiger partial charge on any atom is 0.332 e. The monoisotopic (exact) mass is 159 g/mol. The first kappa shape index (κ1) is 12.4. The van der Waals surface area contributed by atoms with Crippen molar-refractivity contribution in [3.05, 3.63) is 12.2 Å². The van der Waals surface area contributed by atoms with Gasteiger partial charge in [0.05, 0.1) is 7.11 Å². The molecule has 1 amide bonds. The van der Waals surface area contributed by atoms with Crippen LogP contribution in [0, 0.1) is 0 Å². The van der Waals surface area contributed by atoms with E-state index in [1.54, 1.807) is 6.92 Å². The first-order chi connectivity index (χ1) is 4.91. The first-order valence-corrected chi connectivity index (χ1v) is 2.91. The number of hydrogen-bond acceptors (Lipinski definition) is 3. The Kier molecular flexibility index (Phi) is 7.64. The maximum absolute atomic E-state index is 10.2. The summed E-state index contributed by atoms with van der Waals surface area (Å²) < 4.78 is 4.27. The molecule has 11 heavy (non-hydrogen) atoms. The number of nitrogens with two attached hydrogens (primary N) is 1.